The van der Waals surface area contributed by atoms with Gasteiger partial charge >= 0.3 is 0 Å². The maximum atomic E-state index is 12.7. The number of ether oxygens (including phenoxy) is 3. The van der Waals surface area contributed by atoms with Crippen molar-refractivity contribution in [1.82, 2.24) is 9.21 Å². The highest BCUT2D eigenvalue weighted by Crippen LogP contribution is 2.44. The zero-order valence-corrected chi connectivity index (χ0v) is 23.6. The Morgan fingerprint density at radius 2 is 1.71 bits per heavy atom. The lowest BCUT2D eigenvalue weighted by Gasteiger charge is -2.31. The van der Waals surface area contributed by atoms with Crippen LogP contribution in [0.2, 0.25) is 5.02 Å². The average molecular weight is 597 g/mol. The van der Waals surface area contributed by atoms with Crippen LogP contribution in [0.3, 0.4) is 0 Å². The third-order valence-corrected chi connectivity index (χ3v) is 8.74. The average Bonchev–Trinajstić information content (AvgIpc) is 3.07. The fourth-order valence-electron chi connectivity index (χ4n) is 3.29. The number of halogens is 2. The summed E-state index contributed by atoms with van der Waals surface area (Å²) < 4.78 is 42.5. The number of nitrogens with zero attached hydrogens (tertiary/aromatic N) is 3. The molecule has 1 aliphatic rings. The molecule has 1 aliphatic heterocycles. The van der Waals surface area contributed by atoms with Crippen LogP contribution in [0.25, 0.3) is 0 Å². The summed E-state index contributed by atoms with van der Waals surface area (Å²) in [5.41, 5.74) is -0.571. The monoisotopic (exact) mass is 595 g/mol. The number of benzene rings is 2. The predicted molar refractivity (Wildman–Crippen MR) is 140 cm³/mol. The van der Waals surface area contributed by atoms with Crippen LogP contribution < -0.4 is 14.2 Å². The summed E-state index contributed by atoms with van der Waals surface area (Å²) >= 11 is 7.50. The number of amidine groups is 1. The molecular weight excluding hydrogens is 570 g/mol. The Labute approximate surface area is 219 Å². The molecule has 9 nitrogen and oxygen atoms in total. The lowest BCUT2D eigenvalue weighted by atomic mass is 10.0. The minimum Gasteiger partial charge on any atom is -0.493 e. The second kappa shape index (κ2) is 10.9. The molecule has 1 unspecified atom stereocenters. The minimum atomic E-state index is -3.79. The molecule has 2 aromatic rings. The van der Waals surface area contributed by atoms with Gasteiger partial charge < -0.3 is 24.2 Å². The molecule has 0 bridgehead atoms. The van der Waals surface area contributed by atoms with Gasteiger partial charge in [-0.15, -0.1) is 17.0 Å². The van der Waals surface area contributed by atoms with E-state index in [1.807, 2.05) is 0 Å². The lowest BCUT2D eigenvalue weighted by Crippen LogP contribution is -2.42. The van der Waals surface area contributed by atoms with Gasteiger partial charge in [0.05, 0.1) is 37.8 Å². The third kappa shape index (κ3) is 5.12. The van der Waals surface area contributed by atoms with Gasteiger partial charge in [-0.2, -0.15) is 0 Å². The fourth-order valence-corrected chi connectivity index (χ4v) is 5.89. The zero-order chi connectivity index (χ0) is 24.6. The largest absolute Gasteiger partial charge is 0.493 e. The van der Waals surface area contributed by atoms with E-state index >= 15 is 0 Å². The number of hydrogen-bond acceptors (Lipinski definition) is 8. The van der Waals surface area contributed by atoms with Crippen molar-refractivity contribution in [1.29, 1.82) is 0 Å². The Hall–Kier alpha value is -1.70. The summed E-state index contributed by atoms with van der Waals surface area (Å²) in [5, 5.41) is 12.1. The third-order valence-electron chi connectivity index (χ3n) is 5.27. The summed E-state index contributed by atoms with van der Waals surface area (Å²) in [6.07, 6.45) is 0. The van der Waals surface area contributed by atoms with Crippen LogP contribution in [-0.4, -0.2) is 76.1 Å². The molecule has 188 valence electrons. The molecule has 0 aliphatic carbocycles. The molecule has 13 heteroatoms. The van der Waals surface area contributed by atoms with Gasteiger partial charge in [0, 0.05) is 38.8 Å². The lowest BCUT2D eigenvalue weighted by molar-refractivity contribution is -0.0349. The number of sulfonamides is 1. The Kier molecular flexibility index (Phi) is 9.16. The fraction of sp³-hybridized carbons (Fsp3) is 0.381. The van der Waals surface area contributed by atoms with E-state index < -0.39 is 15.7 Å². The number of methoxy groups -OCH3 is 3. The van der Waals surface area contributed by atoms with Gasteiger partial charge in [0.2, 0.25) is 15.8 Å². The topological polar surface area (TPSA) is 101 Å². The Balaban J connectivity index is 0.00000408. The van der Waals surface area contributed by atoms with Crippen molar-refractivity contribution >= 4 is 61.2 Å². The Bertz CT molecular complexity index is 1170. The van der Waals surface area contributed by atoms with Crippen molar-refractivity contribution in [2.24, 2.45) is 4.99 Å². The molecule has 1 saturated heterocycles. The van der Waals surface area contributed by atoms with E-state index in [9.17, 15) is 13.5 Å². The molecule has 34 heavy (non-hydrogen) atoms. The maximum absolute atomic E-state index is 12.7. The van der Waals surface area contributed by atoms with E-state index in [2.05, 4.69) is 4.99 Å². The first-order valence-corrected chi connectivity index (χ1v) is 12.5. The Morgan fingerprint density at radius 3 is 2.21 bits per heavy atom. The highest BCUT2D eigenvalue weighted by Gasteiger charge is 2.43. The van der Waals surface area contributed by atoms with E-state index in [0.29, 0.717) is 33.7 Å². The van der Waals surface area contributed by atoms with Crippen LogP contribution in [0.1, 0.15) is 5.56 Å². The summed E-state index contributed by atoms with van der Waals surface area (Å²) in [7, 11) is 5.29. The molecule has 1 N–H and O–H groups in total. The molecule has 3 rings (SSSR count). The molecule has 0 saturated carbocycles. The molecular formula is C21H27BrClN3O6S2. The summed E-state index contributed by atoms with van der Waals surface area (Å²) in [4.78, 5) is 6.17. The number of thioether (sulfide) groups is 1. The van der Waals surface area contributed by atoms with Crippen LogP contribution >= 0.6 is 40.3 Å². The molecule has 1 fully saturated rings. The van der Waals surface area contributed by atoms with Gasteiger partial charge in [0.25, 0.3) is 0 Å². The van der Waals surface area contributed by atoms with Gasteiger partial charge in [-0.25, -0.2) is 17.7 Å². The van der Waals surface area contributed by atoms with Gasteiger partial charge in [-0.3, -0.25) is 0 Å². The SMILES string of the molecule is Br.COc1cc(/N=C2/SCC(O)(c3ccc(Cl)c(S(=O)(=O)N(C)C)c3)N2C)cc(OC)c1OC. The first-order chi connectivity index (χ1) is 15.5. The minimum absolute atomic E-state index is 0. The number of hydrogen-bond donors (Lipinski definition) is 1. The predicted octanol–water partition coefficient (Wildman–Crippen LogP) is 3.71. The number of aliphatic imine (C=N–C) groups is 1. The zero-order valence-electron chi connectivity index (χ0n) is 19.5. The second-order valence-corrected chi connectivity index (χ2v) is 10.8. The van der Waals surface area contributed by atoms with Crippen molar-refractivity contribution < 1.29 is 27.7 Å². The van der Waals surface area contributed by atoms with Gasteiger partial charge in [-0.1, -0.05) is 29.4 Å². The van der Waals surface area contributed by atoms with Crippen LogP contribution in [0.15, 0.2) is 40.2 Å². The molecule has 0 spiro atoms. The van der Waals surface area contributed by atoms with Crippen molar-refractivity contribution in [2.75, 3.05) is 48.2 Å². The molecule has 0 radical (unpaired) electrons. The first-order valence-electron chi connectivity index (χ1n) is 9.69. The van der Waals surface area contributed by atoms with Crippen molar-refractivity contribution in [3.05, 3.63) is 40.9 Å². The molecule has 2 aromatic carbocycles. The van der Waals surface area contributed by atoms with Crippen molar-refractivity contribution in [2.45, 2.75) is 10.6 Å². The normalized spacial score (nSPS) is 19.3. The van der Waals surface area contributed by atoms with E-state index in [1.165, 1.54) is 59.3 Å². The standard InChI is InChI=1S/C21H26ClN3O6S2.BrH/c1-24(2)33(27,28)18-9-13(7-8-15(18)22)21(26)12-32-20(25(21)3)23-14-10-16(29-4)19(31-6)17(11-14)30-5;/h7-11,26H,12H2,1-6H3;1H/b23-20+;. The quantitative estimate of drug-likeness (QED) is 0.517. The van der Waals surface area contributed by atoms with Gasteiger partial charge in [0.15, 0.2) is 22.4 Å². The van der Waals surface area contributed by atoms with Gasteiger partial charge in [-0.05, 0) is 12.1 Å². The van der Waals surface area contributed by atoms with Crippen LogP contribution in [0, 0.1) is 0 Å². The molecule has 0 amide bonds. The first kappa shape index (κ1) is 28.5. The maximum Gasteiger partial charge on any atom is 0.244 e. The smallest absolute Gasteiger partial charge is 0.244 e. The molecule has 1 heterocycles. The second-order valence-electron chi connectivity index (χ2n) is 7.37. The molecule has 1 atom stereocenters. The highest BCUT2D eigenvalue weighted by atomic mass is 79.9. The van der Waals surface area contributed by atoms with Gasteiger partial charge in [0.1, 0.15) is 4.90 Å². The summed E-state index contributed by atoms with van der Waals surface area (Å²) in [6.45, 7) is 0. The number of aliphatic hydroxyl groups is 1. The summed E-state index contributed by atoms with van der Waals surface area (Å²) in [6, 6.07) is 7.88. The molecule has 0 aromatic heterocycles. The summed E-state index contributed by atoms with van der Waals surface area (Å²) in [5.74, 6) is 1.58. The van der Waals surface area contributed by atoms with E-state index in [4.69, 9.17) is 25.8 Å². The number of rotatable bonds is 7. The van der Waals surface area contributed by atoms with E-state index in [0.717, 1.165) is 4.31 Å². The Morgan fingerprint density at radius 1 is 1.12 bits per heavy atom. The van der Waals surface area contributed by atoms with Crippen molar-refractivity contribution in [3.8, 4) is 17.2 Å². The van der Waals surface area contributed by atoms with Crippen LogP contribution in [0.4, 0.5) is 5.69 Å². The van der Waals surface area contributed by atoms with Crippen LogP contribution in [-0.2, 0) is 15.7 Å². The van der Waals surface area contributed by atoms with E-state index in [1.54, 1.807) is 30.1 Å². The van der Waals surface area contributed by atoms with E-state index in [-0.39, 0.29) is 32.7 Å². The van der Waals surface area contributed by atoms with Crippen LogP contribution in [0.5, 0.6) is 17.2 Å². The van der Waals surface area contributed by atoms with Crippen molar-refractivity contribution in [3.63, 3.8) is 0 Å². The highest BCUT2D eigenvalue weighted by molar-refractivity contribution is 8.93.